The fraction of sp³-hybridized carbons (Fsp3) is 0.800. The second-order valence-electron chi connectivity index (χ2n) is 6.71. The summed E-state index contributed by atoms with van der Waals surface area (Å²) >= 11 is 1.80. The third-order valence-electron chi connectivity index (χ3n) is 4.14. The van der Waals surface area contributed by atoms with Gasteiger partial charge in [0.2, 0.25) is 0 Å². The molecule has 0 radical (unpaired) electrons. The summed E-state index contributed by atoms with van der Waals surface area (Å²) < 4.78 is 0. The summed E-state index contributed by atoms with van der Waals surface area (Å²) in [6.07, 6.45) is 4.54. The minimum atomic E-state index is 0.167. The maximum Gasteiger partial charge on any atom is 0.185 e. The Kier molecular flexibility index (Phi) is 4.21. The summed E-state index contributed by atoms with van der Waals surface area (Å²) in [7, 11) is 2.15. The van der Waals surface area contributed by atoms with E-state index in [9.17, 15) is 0 Å². The first-order chi connectivity index (χ1) is 8.84. The zero-order chi connectivity index (χ0) is 14.2. The molecule has 2 unspecified atom stereocenters. The Morgan fingerprint density at radius 2 is 2.21 bits per heavy atom. The van der Waals surface area contributed by atoms with E-state index >= 15 is 0 Å². The van der Waals surface area contributed by atoms with Crippen LogP contribution in [-0.4, -0.2) is 18.1 Å². The van der Waals surface area contributed by atoms with Crippen molar-refractivity contribution in [1.29, 1.82) is 0 Å². The summed E-state index contributed by atoms with van der Waals surface area (Å²) in [5.41, 5.74) is 7.84. The van der Waals surface area contributed by atoms with Crippen molar-refractivity contribution >= 4 is 16.5 Å². The van der Waals surface area contributed by atoms with E-state index < -0.39 is 0 Å². The number of rotatable bonds is 4. The molecular formula is C15H27N3S. The van der Waals surface area contributed by atoms with Gasteiger partial charge in [-0.05, 0) is 31.6 Å². The maximum absolute atomic E-state index is 6.32. The van der Waals surface area contributed by atoms with Gasteiger partial charge in [-0.15, -0.1) is 0 Å². The van der Waals surface area contributed by atoms with Gasteiger partial charge in [0.05, 0.1) is 5.69 Å². The van der Waals surface area contributed by atoms with Crippen LogP contribution in [0.1, 0.15) is 63.6 Å². The van der Waals surface area contributed by atoms with Gasteiger partial charge in [-0.25, -0.2) is 4.98 Å². The normalized spacial score (nSPS) is 22.9. The monoisotopic (exact) mass is 281 g/mol. The highest BCUT2D eigenvalue weighted by Crippen LogP contribution is 2.43. The van der Waals surface area contributed by atoms with Crippen molar-refractivity contribution < 1.29 is 0 Å². The Labute approximate surface area is 121 Å². The summed E-state index contributed by atoms with van der Waals surface area (Å²) in [6, 6.07) is 0.710. The molecular weight excluding hydrogens is 254 g/mol. The molecule has 0 aliphatic heterocycles. The van der Waals surface area contributed by atoms with Crippen molar-refractivity contribution in [2.75, 3.05) is 11.9 Å². The summed E-state index contributed by atoms with van der Waals surface area (Å²) in [5, 5.41) is 1.14. The molecule has 0 spiro atoms. The van der Waals surface area contributed by atoms with Crippen molar-refractivity contribution in [2.45, 2.75) is 65.5 Å². The average Bonchev–Trinajstić information content (AvgIpc) is 2.70. The largest absolute Gasteiger partial charge is 0.348 e. The quantitative estimate of drug-likeness (QED) is 0.914. The molecule has 2 atom stereocenters. The topological polar surface area (TPSA) is 42.2 Å². The summed E-state index contributed by atoms with van der Waals surface area (Å²) in [4.78, 5) is 8.49. The minimum Gasteiger partial charge on any atom is -0.348 e. The van der Waals surface area contributed by atoms with Crippen LogP contribution in [-0.2, 0) is 6.42 Å². The fourth-order valence-electron chi connectivity index (χ4n) is 2.93. The van der Waals surface area contributed by atoms with Gasteiger partial charge in [0, 0.05) is 24.0 Å². The molecule has 0 fully saturated rings. The van der Waals surface area contributed by atoms with E-state index in [1.54, 1.807) is 11.3 Å². The van der Waals surface area contributed by atoms with Crippen molar-refractivity contribution in [1.82, 2.24) is 4.98 Å². The standard InChI is InChI=1S/C15H27N3S/c1-6-7-10(2)18(5)14-17-12-9-15(3,4)8-11(16)13(12)19-14/h10-11H,6-9,16H2,1-5H3. The molecule has 4 heteroatoms. The van der Waals surface area contributed by atoms with Crippen molar-refractivity contribution in [3.05, 3.63) is 10.6 Å². The van der Waals surface area contributed by atoms with Crippen LogP contribution in [0.15, 0.2) is 0 Å². The van der Waals surface area contributed by atoms with E-state index in [0.717, 1.165) is 18.0 Å². The first kappa shape index (κ1) is 14.8. The molecule has 1 heterocycles. The van der Waals surface area contributed by atoms with Crippen LogP contribution in [0.25, 0.3) is 0 Å². The lowest BCUT2D eigenvalue weighted by Gasteiger charge is -2.32. The highest BCUT2D eigenvalue weighted by Gasteiger charge is 2.33. The minimum absolute atomic E-state index is 0.167. The Bertz CT molecular complexity index is 439. The molecule has 1 aromatic heterocycles. The SMILES string of the molecule is CCCC(C)N(C)c1nc2c(s1)C(N)CC(C)(C)C2. The van der Waals surface area contributed by atoms with Crippen LogP contribution >= 0.6 is 11.3 Å². The van der Waals surface area contributed by atoms with Crippen LogP contribution < -0.4 is 10.6 Å². The third kappa shape index (κ3) is 3.11. The lowest BCUT2D eigenvalue weighted by atomic mass is 9.77. The molecule has 0 bridgehead atoms. The predicted molar refractivity (Wildman–Crippen MR) is 83.9 cm³/mol. The van der Waals surface area contributed by atoms with Gasteiger partial charge in [0.1, 0.15) is 0 Å². The van der Waals surface area contributed by atoms with Crippen LogP contribution in [0, 0.1) is 5.41 Å². The first-order valence-electron chi connectivity index (χ1n) is 7.32. The second-order valence-corrected chi connectivity index (χ2v) is 7.72. The number of fused-ring (bicyclic) bond motifs is 1. The maximum atomic E-state index is 6.32. The van der Waals surface area contributed by atoms with Gasteiger partial charge >= 0.3 is 0 Å². The number of nitrogens with two attached hydrogens (primary N) is 1. The molecule has 2 N–H and O–H groups in total. The van der Waals surface area contributed by atoms with Crippen LogP contribution in [0.3, 0.4) is 0 Å². The smallest absolute Gasteiger partial charge is 0.185 e. The first-order valence-corrected chi connectivity index (χ1v) is 8.13. The van der Waals surface area contributed by atoms with Crippen LogP contribution in [0.2, 0.25) is 0 Å². The van der Waals surface area contributed by atoms with Gasteiger partial charge in [0.15, 0.2) is 5.13 Å². The lowest BCUT2D eigenvalue weighted by molar-refractivity contribution is 0.282. The number of nitrogens with zero attached hydrogens (tertiary/aromatic N) is 2. The van der Waals surface area contributed by atoms with Gasteiger partial charge in [-0.3, -0.25) is 0 Å². The van der Waals surface area contributed by atoms with E-state index in [1.165, 1.54) is 23.4 Å². The van der Waals surface area contributed by atoms with Gasteiger partial charge in [0.25, 0.3) is 0 Å². The molecule has 1 aromatic rings. The molecule has 0 aromatic carbocycles. The molecule has 1 aliphatic rings. The van der Waals surface area contributed by atoms with Crippen molar-refractivity contribution in [3.8, 4) is 0 Å². The molecule has 0 amide bonds. The Morgan fingerprint density at radius 1 is 1.53 bits per heavy atom. The van der Waals surface area contributed by atoms with Gasteiger partial charge in [-0.2, -0.15) is 0 Å². The number of anilines is 1. The molecule has 108 valence electrons. The zero-order valence-corrected chi connectivity index (χ0v) is 13.7. The van der Waals surface area contributed by atoms with E-state index in [-0.39, 0.29) is 11.5 Å². The highest BCUT2D eigenvalue weighted by atomic mass is 32.1. The van der Waals surface area contributed by atoms with E-state index in [0.29, 0.717) is 6.04 Å². The average molecular weight is 281 g/mol. The Morgan fingerprint density at radius 3 is 2.84 bits per heavy atom. The molecule has 19 heavy (non-hydrogen) atoms. The van der Waals surface area contributed by atoms with E-state index in [2.05, 4.69) is 39.6 Å². The third-order valence-corrected chi connectivity index (χ3v) is 5.46. The second kappa shape index (κ2) is 5.41. The Balaban J connectivity index is 2.23. The molecule has 0 saturated heterocycles. The summed E-state index contributed by atoms with van der Waals surface area (Å²) in [5.74, 6) is 0. The summed E-state index contributed by atoms with van der Waals surface area (Å²) in [6.45, 7) is 9.08. The number of hydrogen-bond acceptors (Lipinski definition) is 4. The molecule has 2 rings (SSSR count). The van der Waals surface area contributed by atoms with Crippen molar-refractivity contribution in [2.24, 2.45) is 11.1 Å². The van der Waals surface area contributed by atoms with Crippen LogP contribution in [0.5, 0.6) is 0 Å². The van der Waals surface area contributed by atoms with E-state index in [1.807, 2.05) is 0 Å². The molecule has 3 nitrogen and oxygen atoms in total. The number of thiazole rings is 1. The lowest BCUT2D eigenvalue weighted by Crippen LogP contribution is -2.29. The van der Waals surface area contributed by atoms with Crippen LogP contribution in [0.4, 0.5) is 5.13 Å². The van der Waals surface area contributed by atoms with Gasteiger partial charge in [-0.1, -0.05) is 38.5 Å². The molecule has 0 saturated carbocycles. The van der Waals surface area contributed by atoms with Gasteiger partial charge < -0.3 is 10.6 Å². The zero-order valence-electron chi connectivity index (χ0n) is 12.9. The Hall–Kier alpha value is -0.610. The fourth-order valence-corrected chi connectivity index (χ4v) is 4.08. The number of aromatic nitrogens is 1. The predicted octanol–water partition coefficient (Wildman–Crippen LogP) is 3.74. The van der Waals surface area contributed by atoms with E-state index in [4.69, 9.17) is 10.7 Å². The number of hydrogen-bond donors (Lipinski definition) is 1. The molecule has 1 aliphatic carbocycles. The highest BCUT2D eigenvalue weighted by molar-refractivity contribution is 7.15. The van der Waals surface area contributed by atoms with Crippen molar-refractivity contribution in [3.63, 3.8) is 0 Å².